The second kappa shape index (κ2) is 10.0. The molecule has 2 heterocycles. The van der Waals surface area contributed by atoms with Crippen LogP contribution in [0.25, 0.3) is 5.69 Å². The van der Waals surface area contributed by atoms with E-state index in [-0.39, 0.29) is 24.9 Å². The van der Waals surface area contributed by atoms with Gasteiger partial charge in [-0.15, -0.1) is 0 Å². The summed E-state index contributed by atoms with van der Waals surface area (Å²) in [7, 11) is 3.08. The first-order valence-corrected chi connectivity index (χ1v) is 11.1. The van der Waals surface area contributed by atoms with Gasteiger partial charge in [-0.2, -0.15) is 5.10 Å². The van der Waals surface area contributed by atoms with Crippen LogP contribution in [0.15, 0.2) is 42.5 Å². The average molecular weight is 485 g/mol. The molecule has 1 aliphatic heterocycles. The molecule has 2 amide bonds. The Labute approximate surface area is 202 Å². The van der Waals surface area contributed by atoms with Crippen molar-refractivity contribution in [1.29, 1.82) is 0 Å². The number of esters is 1. The van der Waals surface area contributed by atoms with Crippen LogP contribution in [0.1, 0.15) is 28.7 Å². The zero-order chi connectivity index (χ0) is 24.2. The van der Waals surface area contributed by atoms with Crippen LogP contribution >= 0.6 is 11.6 Å². The monoisotopic (exact) mass is 484 g/mol. The molecule has 0 saturated carbocycles. The Bertz CT molecular complexity index is 1210. The number of methoxy groups -OCH3 is 2. The smallest absolute Gasteiger partial charge is 0.359 e. The van der Waals surface area contributed by atoms with Crippen molar-refractivity contribution < 1.29 is 23.8 Å². The van der Waals surface area contributed by atoms with Gasteiger partial charge in [-0.05, 0) is 43.3 Å². The van der Waals surface area contributed by atoms with Crippen LogP contribution in [-0.2, 0) is 17.7 Å². The van der Waals surface area contributed by atoms with Crippen LogP contribution in [-0.4, -0.2) is 54.1 Å². The molecule has 10 heteroatoms. The van der Waals surface area contributed by atoms with Crippen LogP contribution in [0.3, 0.4) is 0 Å². The second-order valence-corrected chi connectivity index (χ2v) is 7.99. The minimum Gasteiger partial charge on any atom is -0.493 e. The molecule has 0 unspecified atom stereocenters. The highest BCUT2D eigenvalue weighted by Gasteiger charge is 2.31. The Morgan fingerprint density at radius 2 is 1.82 bits per heavy atom. The lowest BCUT2D eigenvalue weighted by molar-refractivity contribution is 0.0516. The molecule has 1 N–H and O–H groups in total. The summed E-state index contributed by atoms with van der Waals surface area (Å²) in [6.45, 7) is 2.64. The number of fused-ring (bicyclic) bond motifs is 1. The zero-order valence-corrected chi connectivity index (χ0v) is 19.9. The molecule has 0 spiro atoms. The highest BCUT2D eigenvalue weighted by Crippen LogP contribution is 2.31. The molecule has 0 fully saturated rings. The number of carbonyl (C=O) groups excluding carboxylic acids is 2. The molecule has 1 aliphatic rings. The zero-order valence-electron chi connectivity index (χ0n) is 19.1. The molecule has 1 aromatic heterocycles. The summed E-state index contributed by atoms with van der Waals surface area (Å²) in [6.07, 6.45) is 0.518. The van der Waals surface area contributed by atoms with E-state index in [1.54, 1.807) is 53.9 Å². The van der Waals surface area contributed by atoms with Crippen LogP contribution in [0.2, 0.25) is 5.02 Å². The van der Waals surface area contributed by atoms with Crippen molar-refractivity contribution in [3.8, 4) is 17.2 Å². The molecular formula is C24H25ClN4O5. The van der Waals surface area contributed by atoms with Gasteiger partial charge in [0.05, 0.1) is 38.8 Å². The topological polar surface area (TPSA) is 94.9 Å². The number of benzene rings is 2. The van der Waals surface area contributed by atoms with Gasteiger partial charge in [0.2, 0.25) is 0 Å². The van der Waals surface area contributed by atoms with Crippen molar-refractivity contribution in [3.05, 3.63) is 64.4 Å². The molecule has 0 saturated heterocycles. The Morgan fingerprint density at radius 3 is 2.50 bits per heavy atom. The number of rotatable bonds is 6. The van der Waals surface area contributed by atoms with Crippen molar-refractivity contribution in [3.63, 3.8) is 0 Å². The second-order valence-electron chi connectivity index (χ2n) is 7.55. The van der Waals surface area contributed by atoms with E-state index in [0.717, 1.165) is 11.4 Å². The molecule has 4 rings (SSSR count). The first-order valence-electron chi connectivity index (χ1n) is 10.8. The van der Waals surface area contributed by atoms with Crippen molar-refractivity contribution in [1.82, 2.24) is 14.7 Å². The van der Waals surface area contributed by atoms with E-state index < -0.39 is 5.97 Å². The highest BCUT2D eigenvalue weighted by molar-refractivity contribution is 6.30. The van der Waals surface area contributed by atoms with E-state index in [4.69, 9.17) is 25.8 Å². The number of aromatic nitrogens is 2. The molecule has 9 nitrogen and oxygen atoms in total. The lowest BCUT2D eigenvalue weighted by atomic mass is 10.0. The van der Waals surface area contributed by atoms with E-state index in [9.17, 15) is 9.59 Å². The standard InChI is InChI=1S/C24H25ClN4O5/c1-4-34-23(30)22-18-14-28(24(31)26-16-7-10-20(32-2)21(13-16)33-3)12-11-19(18)29(27-22)17-8-5-15(25)6-9-17/h5-10,13H,4,11-12,14H2,1-3H3,(H,26,31). The molecule has 34 heavy (non-hydrogen) atoms. The van der Waals surface area contributed by atoms with Crippen molar-refractivity contribution in [2.24, 2.45) is 0 Å². The number of hydrogen-bond acceptors (Lipinski definition) is 6. The largest absolute Gasteiger partial charge is 0.493 e. The van der Waals surface area contributed by atoms with Crippen LogP contribution in [0, 0.1) is 0 Å². The summed E-state index contributed by atoms with van der Waals surface area (Å²) < 4.78 is 17.5. The van der Waals surface area contributed by atoms with Crippen LogP contribution in [0.5, 0.6) is 11.5 Å². The van der Waals surface area contributed by atoms with Gasteiger partial charge in [-0.3, -0.25) is 0 Å². The molecular weight excluding hydrogens is 460 g/mol. The van der Waals surface area contributed by atoms with Gasteiger partial charge >= 0.3 is 12.0 Å². The molecule has 178 valence electrons. The Kier molecular flexibility index (Phi) is 6.93. The quantitative estimate of drug-likeness (QED) is 0.524. The number of ether oxygens (including phenoxy) is 3. The lowest BCUT2D eigenvalue weighted by Crippen LogP contribution is -2.39. The number of amides is 2. The Balaban J connectivity index is 1.61. The highest BCUT2D eigenvalue weighted by atomic mass is 35.5. The van der Waals surface area contributed by atoms with Crippen molar-refractivity contribution in [2.75, 3.05) is 32.7 Å². The van der Waals surface area contributed by atoms with Crippen LogP contribution in [0.4, 0.5) is 10.5 Å². The third-order valence-corrected chi connectivity index (χ3v) is 5.77. The number of nitrogens with one attached hydrogen (secondary N) is 1. The summed E-state index contributed by atoms with van der Waals surface area (Å²) >= 11 is 6.03. The molecule has 0 atom stereocenters. The normalized spacial score (nSPS) is 12.6. The number of halogens is 1. The van der Waals surface area contributed by atoms with Gasteiger partial charge in [0.15, 0.2) is 17.2 Å². The predicted octanol–water partition coefficient (Wildman–Crippen LogP) is 4.31. The molecule has 0 radical (unpaired) electrons. The number of nitrogens with zero attached hydrogens (tertiary/aromatic N) is 3. The van der Waals surface area contributed by atoms with Gasteiger partial charge in [-0.1, -0.05) is 11.6 Å². The average Bonchev–Trinajstić information content (AvgIpc) is 3.23. The number of urea groups is 1. The van der Waals surface area contributed by atoms with Crippen molar-refractivity contribution in [2.45, 2.75) is 19.9 Å². The number of carbonyl (C=O) groups is 2. The molecule has 0 bridgehead atoms. The predicted molar refractivity (Wildman–Crippen MR) is 127 cm³/mol. The Hall–Kier alpha value is -3.72. The van der Waals surface area contributed by atoms with E-state index in [2.05, 4.69) is 10.4 Å². The SMILES string of the molecule is CCOC(=O)c1nn(-c2ccc(Cl)cc2)c2c1CN(C(=O)Nc1ccc(OC)c(OC)c1)CC2. The minimum atomic E-state index is -0.520. The summed E-state index contributed by atoms with van der Waals surface area (Å²) in [5.74, 6) is 0.556. The van der Waals surface area contributed by atoms with E-state index >= 15 is 0 Å². The fraction of sp³-hybridized carbons (Fsp3) is 0.292. The maximum absolute atomic E-state index is 13.0. The van der Waals surface area contributed by atoms with Crippen LogP contribution < -0.4 is 14.8 Å². The summed E-state index contributed by atoms with van der Waals surface area (Å²) in [4.78, 5) is 27.3. The van der Waals surface area contributed by atoms with Gasteiger partial charge < -0.3 is 24.4 Å². The van der Waals surface area contributed by atoms with Gasteiger partial charge in [0.1, 0.15) is 0 Å². The van der Waals surface area contributed by atoms with E-state index in [1.165, 1.54) is 7.11 Å². The fourth-order valence-electron chi connectivity index (χ4n) is 3.87. The third-order valence-electron chi connectivity index (χ3n) is 5.52. The lowest BCUT2D eigenvalue weighted by Gasteiger charge is -2.28. The molecule has 2 aromatic carbocycles. The summed E-state index contributed by atoms with van der Waals surface area (Å²) in [6, 6.07) is 12.0. The van der Waals surface area contributed by atoms with E-state index in [1.807, 2.05) is 12.1 Å². The van der Waals surface area contributed by atoms with Crippen molar-refractivity contribution >= 4 is 29.3 Å². The van der Waals surface area contributed by atoms with Gasteiger partial charge in [0, 0.05) is 35.3 Å². The third kappa shape index (κ3) is 4.65. The Morgan fingerprint density at radius 1 is 1.09 bits per heavy atom. The summed E-state index contributed by atoms with van der Waals surface area (Å²) in [5, 5.41) is 8.03. The maximum Gasteiger partial charge on any atom is 0.359 e. The van der Waals surface area contributed by atoms with Gasteiger partial charge in [0.25, 0.3) is 0 Å². The first kappa shape index (κ1) is 23.4. The maximum atomic E-state index is 13.0. The molecule has 3 aromatic rings. The molecule has 0 aliphatic carbocycles. The summed E-state index contributed by atoms with van der Waals surface area (Å²) in [5.41, 5.74) is 3.08. The fourth-order valence-corrected chi connectivity index (χ4v) is 3.99. The van der Waals surface area contributed by atoms with Gasteiger partial charge in [-0.25, -0.2) is 14.3 Å². The number of hydrogen-bond donors (Lipinski definition) is 1. The number of anilines is 1. The van der Waals surface area contributed by atoms with E-state index in [0.29, 0.717) is 40.7 Å². The first-order chi connectivity index (χ1) is 16.4. The minimum absolute atomic E-state index is 0.204.